The average Bonchev–Trinajstić information content (AvgIpc) is 2.67. The van der Waals surface area contributed by atoms with Gasteiger partial charge < -0.3 is 0 Å². The smallest absolute Gasteiger partial charge is 0.170 e. The minimum absolute atomic E-state index is 0. The van der Waals surface area contributed by atoms with E-state index in [4.69, 9.17) is 0 Å². The maximum absolute atomic E-state index is 10.4. The van der Waals surface area contributed by atoms with Crippen LogP contribution in [0.1, 0.15) is 10.5 Å². The van der Waals surface area contributed by atoms with Gasteiger partial charge in [-0.25, -0.2) is 4.98 Å². The fraction of sp³-hybridized carbons (Fsp3) is 0. The van der Waals surface area contributed by atoms with E-state index in [1.165, 1.54) is 0 Å². The molecule has 0 bridgehead atoms. The third-order valence-electron chi connectivity index (χ3n) is 1.76. The first-order valence-corrected chi connectivity index (χ1v) is 4.71. The van der Waals surface area contributed by atoms with Crippen molar-refractivity contribution < 1.29 is 4.79 Å². The van der Waals surface area contributed by atoms with E-state index in [0.29, 0.717) is 12.0 Å². The van der Waals surface area contributed by atoms with Crippen molar-refractivity contribution in [3.05, 3.63) is 34.7 Å². The van der Waals surface area contributed by atoms with Crippen molar-refractivity contribution in [3.8, 4) is 11.3 Å². The van der Waals surface area contributed by atoms with Crippen LogP contribution in [0.2, 0.25) is 0 Å². The molecule has 0 aliphatic rings. The number of carbonyl (C=O) groups excluding carboxylic acids is 1. The molecule has 2 rings (SSSR count). The summed E-state index contributed by atoms with van der Waals surface area (Å²) in [7, 11) is 0. The summed E-state index contributed by atoms with van der Waals surface area (Å²) >= 11 is 3.24. The van der Waals surface area contributed by atoms with E-state index in [-0.39, 0.29) is 12.4 Å². The van der Waals surface area contributed by atoms with E-state index in [9.17, 15) is 4.79 Å². The summed E-state index contributed by atoms with van der Waals surface area (Å²) in [6, 6.07) is 5.40. The summed E-state index contributed by atoms with van der Waals surface area (Å²) in [5, 5.41) is 6.56. The highest BCUT2D eigenvalue weighted by Gasteiger charge is 2.02. The second kappa shape index (κ2) is 5.04. The highest BCUT2D eigenvalue weighted by atomic mass is 79.9. The molecule has 0 aliphatic heterocycles. The number of hydrogen-bond donors (Lipinski definition) is 1. The minimum atomic E-state index is 0. The van der Waals surface area contributed by atoms with Crippen molar-refractivity contribution in [2.45, 2.75) is 0 Å². The van der Waals surface area contributed by atoms with Crippen LogP contribution in [0.5, 0.6) is 0 Å². The summed E-state index contributed by atoms with van der Waals surface area (Å²) in [5.74, 6) is 0. The number of carbonyl (C=O) groups is 1. The highest BCUT2D eigenvalue weighted by molar-refractivity contribution is 9.10. The summed E-state index contributed by atoms with van der Waals surface area (Å²) < 4.78 is 0.774. The molecule has 78 valence electrons. The number of aromatic nitrogens is 3. The Kier molecular flexibility index (Phi) is 3.99. The van der Waals surface area contributed by atoms with Crippen LogP contribution in [-0.2, 0) is 0 Å². The van der Waals surface area contributed by atoms with E-state index in [1.54, 1.807) is 12.3 Å². The zero-order valence-electron chi connectivity index (χ0n) is 7.48. The van der Waals surface area contributed by atoms with Crippen molar-refractivity contribution in [2.24, 2.45) is 0 Å². The first-order chi connectivity index (χ1) is 6.79. The van der Waals surface area contributed by atoms with Gasteiger partial charge in [-0.05, 0) is 34.1 Å². The van der Waals surface area contributed by atoms with Crippen molar-refractivity contribution in [1.82, 2.24) is 15.2 Å². The molecule has 1 N–H and O–H groups in total. The van der Waals surface area contributed by atoms with Gasteiger partial charge in [0.2, 0.25) is 0 Å². The van der Waals surface area contributed by atoms with E-state index in [2.05, 4.69) is 31.1 Å². The topological polar surface area (TPSA) is 58.6 Å². The lowest BCUT2D eigenvalue weighted by Crippen LogP contribution is -1.80. The van der Waals surface area contributed by atoms with Gasteiger partial charge in [0.1, 0.15) is 10.3 Å². The number of H-pyrrole nitrogens is 1. The largest absolute Gasteiger partial charge is 0.296 e. The van der Waals surface area contributed by atoms with Crippen molar-refractivity contribution in [2.75, 3.05) is 0 Å². The number of nitrogens with one attached hydrogen (secondary N) is 1. The molecule has 0 aromatic carbocycles. The van der Waals surface area contributed by atoms with Gasteiger partial charge in [0.15, 0.2) is 6.29 Å². The number of aldehydes is 1. The molecule has 0 unspecified atom stereocenters. The van der Waals surface area contributed by atoms with Crippen molar-refractivity contribution in [1.29, 1.82) is 0 Å². The van der Waals surface area contributed by atoms with E-state index < -0.39 is 0 Å². The fourth-order valence-electron chi connectivity index (χ4n) is 1.08. The quantitative estimate of drug-likeness (QED) is 0.682. The molecule has 0 atom stereocenters. The molecule has 0 saturated heterocycles. The zero-order valence-corrected chi connectivity index (χ0v) is 9.88. The Labute approximate surface area is 101 Å². The first-order valence-electron chi connectivity index (χ1n) is 3.92. The molecule has 0 amide bonds. The Morgan fingerprint density at radius 2 is 2.20 bits per heavy atom. The number of nitrogens with zero attached hydrogens (tertiary/aromatic N) is 2. The SMILES string of the molecule is Cl.O=Cc1cc(-c2ccc(Br)nc2)[nH]n1. The third kappa shape index (κ3) is 2.64. The first kappa shape index (κ1) is 11.9. The number of rotatable bonds is 2. The predicted octanol–water partition coefficient (Wildman–Crippen LogP) is 2.47. The molecule has 6 heteroatoms. The van der Waals surface area contributed by atoms with Crippen LogP contribution < -0.4 is 0 Å². The second-order valence-corrected chi connectivity index (χ2v) is 3.51. The number of hydrogen-bond acceptors (Lipinski definition) is 3. The van der Waals surface area contributed by atoms with Crippen LogP contribution in [0.15, 0.2) is 29.0 Å². The molecular weight excluding hydrogens is 281 g/mol. The van der Waals surface area contributed by atoms with Crippen LogP contribution in [0.3, 0.4) is 0 Å². The van der Waals surface area contributed by atoms with Gasteiger partial charge in [0.05, 0.1) is 5.69 Å². The molecule has 2 heterocycles. The van der Waals surface area contributed by atoms with Crippen molar-refractivity contribution >= 4 is 34.6 Å². The average molecular weight is 289 g/mol. The Bertz CT molecular complexity index is 455. The van der Waals surface area contributed by atoms with Crippen LogP contribution >= 0.6 is 28.3 Å². The highest BCUT2D eigenvalue weighted by Crippen LogP contribution is 2.17. The maximum atomic E-state index is 10.4. The van der Waals surface area contributed by atoms with E-state index in [1.807, 2.05) is 12.1 Å². The van der Waals surface area contributed by atoms with Gasteiger partial charge in [0.25, 0.3) is 0 Å². The molecule has 15 heavy (non-hydrogen) atoms. The Hall–Kier alpha value is -1.20. The van der Waals surface area contributed by atoms with Crippen LogP contribution in [0, 0.1) is 0 Å². The number of aromatic amines is 1. The Morgan fingerprint density at radius 3 is 2.73 bits per heavy atom. The van der Waals surface area contributed by atoms with Crippen LogP contribution in [-0.4, -0.2) is 21.5 Å². The standard InChI is InChI=1S/C9H6BrN3O.ClH/c10-9-2-1-6(4-11-9)8-3-7(5-14)12-13-8;/h1-5H,(H,12,13);1H. The molecule has 4 nitrogen and oxygen atoms in total. The summed E-state index contributed by atoms with van der Waals surface area (Å²) in [6.07, 6.45) is 2.40. The van der Waals surface area contributed by atoms with Crippen LogP contribution in [0.4, 0.5) is 0 Å². The van der Waals surface area contributed by atoms with Crippen LogP contribution in [0.25, 0.3) is 11.3 Å². The number of halogens is 2. The summed E-state index contributed by atoms with van der Waals surface area (Å²) in [6.45, 7) is 0. The van der Waals surface area contributed by atoms with Gasteiger partial charge in [-0.15, -0.1) is 12.4 Å². The second-order valence-electron chi connectivity index (χ2n) is 2.69. The lowest BCUT2D eigenvalue weighted by atomic mass is 10.2. The summed E-state index contributed by atoms with van der Waals surface area (Å²) in [4.78, 5) is 14.5. The lowest BCUT2D eigenvalue weighted by Gasteiger charge is -1.95. The van der Waals surface area contributed by atoms with Gasteiger partial charge in [-0.2, -0.15) is 5.10 Å². The third-order valence-corrected chi connectivity index (χ3v) is 2.23. The van der Waals surface area contributed by atoms with Gasteiger partial charge >= 0.3 is 0 Å². The lowest BCUT2D eigenvalue weighted by molar-refractivity contribution is 0.111. The monoisotopic (exact) mass is 287 g/mol. The fourth-order valence-corrected chi connectivity index (χ4v) is 1.32. The van der Waals surface area contributed by atoms with E-state index in [0.717, 1.165) is 15.9 Å². The molecule has 2 aromatic rings. The minimum Gasteiger partial charge on any atom is -0.296 e. The van der Waals surface area contributed by atoms with E-state index >= 15 is 0 Å². The molecule has 0 spiro atoms. The Morgan fingerprint density at radius 1 is 1.40 bits per heavy atom. The molecule has 0 saturated carbocycles. The van der Waals surface area contributed by atoms with Gasteiger partial charge in [-0.1, -0.05) is 0 Å². The van der Waals surface area contributed by atoms with Crippen molar-refractivity contribution in [3.63, 3.8) is 0 Å². The number of pyridine rings is 1. The molecule has 2 aromatic heterocycles. The van der Waals surface area contributed by atoms with Gasteiger partial charge in [0, 0.05) is 11.8 Å². The molecule has 0 radical (unpaired) electrons. The van der Waals surface area contributed by atoms with Gasteiger partial charge in [-0.3, -0.25) is 9.89 Å². The molecule has 0 aliphatic carbocycles. The summed E-state index contributed by atoms with van der Waals surface area (Å²) in [5.41, 5.74) is 2.07. The molecule has 0 fully saturated rings. The maximum Gasteiger partial charge on any atom is 0.170 e. The predicted molar refractivity (Wildman–Crippen MR) is 62.2 cm³/mol. The molecular formula is C9H7BrClN3O. The zero-order chi connectivity index (χ0) is 9.97. The Balaban J connectivity index is 0.00000112. The normalized spacial score (nSPS) is 9.40.